The third-order valence-electron chi connectivity index (χ3n) is 3.45. The monoisotopic (exact) mass is 291 g/mol. The molecule has 0 aliphatic carbocycles. The summed E-state index contributed by atoms with van der Waals surface area (Å²) in [7, 11) is 0. The van der Waals surface area contributed by atoms with E-state index in [4.69, 9.17) is 4.74 Å². The molecule has 1 aromatic heterocycles. The molecule has 0 aromatic carbocycles. The Bertz CT molecular complexity index is 497. The van der Waals surface area contributed by atoms with Gasteiger partial charge in [0.05, 0.1) is 6.54 Å². The molecule has 2 heterocycles. The molecule has 2 rings (SSSR count). The van der Waals surface area contributed by atoms with Gasteiger partial charge in [-0.2, -0.15) is 4.98 Å². The Labute approximate surface area is 126 Å². The average Bonchev–Trinajstić information content (AvgIpc) is 2.37. The number of hydrogen-bond donors (Lipinski definition) is 0. The van der Waals surface area contributed by atoms with Crippen molar-refractivity contribution in [3.8, 4) is 5.88 Å². The van der Waals surface area contributed by atoms with Gasteiger partial charge in [-0.05, 0) is 25.2 Å². The summed E-state index contributed by atoms with van der Waals surface area (Å²) in [6, 6.07) is 1.77. The number of carbonyl (C=O) groups excluding carboxylic acids is 1. The fourth-order valence-electron chi connectivity index (χ4n) is 2.50. The molecule has 1 amide bonds. The summed E-state index contributed by atoms with van der Waals surface area (Å²) in [5.74, 6) is 1.51. The molecule has 21 heavy (non-hydrogen) atoms. The third kappa shape index (κ3) is 4.99. The molecule has 116 valence electrons. The van der Waals surface area contributed by atoms with Crippen LogP contribution >= 0.6 is 0 Å². The highest BCUT2D eigenvalue weighted by Gasteiger charge is 2.27. The van der Waals surface area contributed by atoms with E-state index in [2.05, 4.69) is 30.7 Å². The molecule has 0 bridgehead atoms. The SMILES string of the molecule is Cc1nccc(OC2CCCN(C(=O)CC(C)(C)C)C2)n1. The van der Waals surface area contributed by atoms with Crippen LogP contribution in [0.5, 0.6) is 5.88 Å². The largest absolute Gasteiger partial charge is 0.472 e. The first-order chi connectivity index (χ1) is 9.83. The van der Waals surface area contributed by atoms with Crippen molar-refractivity contribution in [3.05, 3.63) is 18.1 Å². The van der Waals surface area contributed by atoms with E-state index in [1.165, 1.54) is 0 Å². The summed E-state index contributed by atoms with van der Waals surface area (Å²) in [4.78, 5) is 22.6. The van der Waals surface area contributed by atoms with Crippen LogP contribution in [0.2, 0.25) is 0 Å². The van der Waals surface area contributed by atoms with Gasteiger partial charge < -0.3 is 9.64 Å². The molecule has 0 N–H and O–H groups in total. The zero-order chi connectivity index (χ0) is 15.5. The molecule has 0 radical (unpaired) electrons. The summed E-state index contributed by atoms with van der Waals surface area (Å²) >= 11 is 0. The van der Waals surface area contributed by atoms with Gasteiger partial charge in [0.15, 0.2) is 0 Å². The minimum atomic E-state index is 0.0225. The molecule has 1 fully saturated rings. The van der Waals surface area contributed by atoms with Crippen LogP contribution in [0.4, 0.5) is 0 Å². The summed E-state index contributed by atoms with van der Waals surface area (Å²) in [6.07, 6.45) is 4.24. The van der Waals surface area contributed by atoms with Crippen molar-refractivity contribution in [2.45, 2.75) is 53.1 Å². The molecular weight excluding hydrogens is 266 g/mol. The maximum absolute atomic E-state index is 12.3. The van der Waals surface area contributed by atoms with Crippen LogP contribution in [-0.2, 0) is 4.79 Å². The third-order valence-corrected chi connectivity index (χ3v) is 3.45. The molecular formula is C16H25N3O2. The van der Waals surface area contributed by atoms with E-state index in [0.29, 0.717) is 24.7 Å². The van der Waals surface area contributed by atoms with E-state index in [1.54, 1.807) is 12.3 Å². The van der Waals surface area contributed by atoms with Crippen molar-refractivity contribution in [1.82, 2.24) is 14.9 Å². The lowest BCUT2D eigenvalue weighted by Crippen LogP contribution is -2.45. The Balaban J connectivity index is 1.93. The van der Waals surface area contributed by atoms with E-state index < -0.39 is 0 Å². The van der Waals surface area contributed by atoms with Crippen LogP contribution in [0, 0.1) is 12.3 Å². The van der Waals surface area contributed by atoms with Gasteiger partial charge in [-0.25, -0.2) is 4.98 Å². The lowest BCUT2D eigenvalue weighted by atomic mass is 9.91. The molecule has 0 spiro atoms. The van der Waals surface area contributed by atoms with Gasteiger partial charge >= 0.3 is 0 Å². The molecule has 1 saturated heterocycles. The molecule has 5 nitrogen and oxygen atoms in total. The smallest absolute Gasteiger partial charge is 0.223 e. The van der Waals surface area contributed by atoms with Gasteiger partial charge in [0, 0.05) is 25.2 Å². The van der Waals surface area contributed by atoms with Gasteiger partial charge in [-0.1, -0.05) is 20.8 Å². The number of nitrogens with zero attached hydrogens (tertiary/aromatic N) is 3. The Morgan fingerprint density at radius 3 is 2.90 bits per heavy atom. The Hall–Kier alpha value is -1.65. The van der Waals surface area contributed by atoms with E-state index in [-0.39, 0.29) is 17.4 Å². The lowest BCUT2D eigenvalue weighted by molar-refractivity contribution is -0.135. The summed E-state index contributed by atoms with van der Waals surface area (Å²) in [5.41, 5.74) is 0.0225. The lowest BCUT2D eigenvalue weighted by Gasteiger charge is -2.34. The van der Waals surface area contributed by atoms with Crippen LogP contribution in [0.3, 0.4) is 0 Å². The Kier molecular flexibility index (Phi) is 4.80. The maximum atomic E-state index is 12.3. The molecule has 1 aromatic rings. The standard InChI is InChI=1S/C16H25N3O2/c1-12-17-8-7-14(18-12)21-13-6-5-9-19(11-13)15(20)10-16(2,3)4/h7-8,13H,5-6,9-11H2,1-4H3. The van der Waals surface area contributed by atoms with Crippen LogP contribution < -0.4 is 4.74 Å². The van der Waals surface area contributed by atoms with E-state index in [0.717, 1.165) is 19.4 Å². The molecule has 1 unspecified atom stereocenters. The number of aryl methyl sites for hydroxylation is 1. The van der Waals surface area contributed by atoms with Gasteiger partial charge in [-0.3, -0.25) is 4.79 Å². The highest BCUT2D eigenvalue weighted by atomic mass is 16.5. The Morgan fingerprint density at radius 2 is 2.24 bits per heavy atom. The number of hydrogen-bond acceptors (Lipinski definition) is 4. The van der Waals surface area contributed by atoms with E-state index in [9.17, 15) is 4.79 Å². The van der Waals surface area contributed by atoms with Gasteiger partial charge in [0.1, 0.15) is 11.9 Å². The maximum Gasteiger partial charge on any atom is 0.223 e. The number of carbonyl (C=O) groups is 1. The summed E-state index contributed by atoms with van der Waals surface area (Å²) < 4.78 is 5.90. The van der Waals surface area contributed by atoms with Crippen LogP contribution in [0.25, 0.3) is 0 Å². The normalized spacial score (nSPS) is 19.4. The number of likely N-dealkylation sites (tertiary alicyclic amines) is 1. The van der Waals surface area contributed by atoms with Crippen LogP contribution in [-0.4, -0.2) is 40.0 Å². The molecule has 1 aliphatic rings. The summed E-state index contributed by atoms with van der Waals surface area (Å²) in [5, 5.41) is 0. The predicted octanol–water partition coefficient (Wildman–Crippen LogP) is 2.59. The predicted molar refractivity (Wildman–Crippen MR) is 81.1 cm³/mol. The topological polar surface area (TPSA) is 55.3 Å². The van der Waals surface area contributed by atoms with Gasteiger partial charge in [0.25, 0.3) is 0 Å². The number of rotatable bonds is 3. The second-order valence-corrected chi connectivity index (χ2v) is 6.90. The fourth-order valence-corrected chi connectivity index (χ4v) is 2.50. The molecule has 5 heteroatoms. The second-order valence-electron chi connectivity index (χ2n) is 6.90. The first kappa shape index (κ1) is 15.7. The molecule has 1 atom stereocenters. The molecule has 1 aliphatic heterocycles. The first-order valence-electron chi connectivity index (χ1n) is 7.57. The van der Waals surface area contributed by atoms with Gasteiger partial charge in [0.2, 0.25) is 11.8 Å². The second kappa shape index (κ2) is 6.41. The number of amides is 1. The van der Waals surface area contributed by atoms with Crippen molar-refractivity contribution >= 4 is 5.91 Å². The van der Waals surface area contributed by atoms with Crippen molar-refractivity contribution in [1.29, 1.82) is 0 Å². The quantitative estimate of drug-likeness (QED) is 0.859. The highest BCUT2D eigenvalue weighted by molar-refractivity contribution is 5.76. The van der Waals surface area contributed by atoms with Crippen molar-refractivity contribution < 1.29 is 9.53 Å². The van der Waals surface area contributed by atoms with E-state index in [1.807, 2.05) is 11.8 Å². The van der Waals surface area contributed by atoms with Crippen molar-refractivity contribution in [2.75, 3.05) is 13.1 Å². The number of aromatic nitrogens is 2. The number of piperidine rings is 1. The van der Waals surface area contributed by atoms with Crippen LogP contribution in [0.1, 0.15) is 45.9 Å². The fraction of sp³-hybridized carbons (Fsp3) is 0.688. The zero-order valence-electron chi connectivity index (χ0n) is 13.4. The average molecular weight is 291 g/mol. The van der Waals surface area contributed by atoms with Gasteiger partial charge in [-0.15, -0.1) is 0 Å². The zero-order valence-corrected chi connectivity index (χ0v) is 13.4. The molecule has 0 saturated carbocycles. The minimum Gasteiger partial charge on any atom is -0.472 e. The van der Waals surface area contributed by atoms with Crippen LogP contribution in [0.15, 0.2) is 12.3 Å². The Morgan fingerprint density at radius 1 is 1.48 bits per heavy atom. The summed E-state index contributed by atoms with van der Waals surface area (Å²) in [6.45, 7) is 9.59. The van der Waals surface area contributed by atoms with Crippen molar-refractivity contribution in [2.24, 2.45) is 5.41 Å². The minimum absolute atomic E-state index is 0.0225. The van der Waals surface area contributed by atoms with Crippen molar-refractivity contribution in [3.63, 3.8) is 0 Å². The number of ether oxygens (including phenoxy) is 1. The highest BCUT2D eigenvalue weighted by Crippen LogP contribution is 2.22. The van der Waals surface area contributed by atoms with E-state index >= 15 is 0 Å². The first-order valence-corrected chi connectivity index (χ1v) is 7.57.